The Morgan fingerprint density at radius 1 is 1.45 bits per heavy atom. The van der Waals surface area contributed by atoms with Crippen molar-refractivity contribution in [1.29, 1.82) is 0 Å². The van der Waals surface area contributed by atoms with E-state index >= 15 is 0 Å². The van der Waals surface area contributed by atoms with E-state index in [1.807, 2.05) is 7.05 Å². The number of amides is 1. The number of likely N-dealkylation sites (tertiary alicyclic amines) is 1. The summed E-state index contributed by atoms with van der Waals surface area (Å²) in [5, 5.41) is 11.7. The minimum atomic E-state index is -1.01. The van der Waals surface area contributed by atoms with E-state index < -0.39 is 23.7 Å². The quantitative estimate of drug-likeness (QED) is 0.822. The summed E-state index contributed by atoms with van der Waals surface area (Å²) in [7, 11) is 2.03. The van der Waals surface area contributed by atoms with Crippen LogP contribution in [0.3, 0.4) is 0 Å². The maximum atomic E-state index is 11.7. The first-order valence-corrected chi connectivity index (χ1v) is 7.08. The van der Waals surface area contributed by atoms with E-state index in [1.165, 1.54) is 0 Å². The Bertz CT molecular complexity index is 352. The van der Waals surface area contributed by atoms with Gasteiger partial charge in [0, 0.05) is 6.54 Å². The molecule has 1 heterocycles. The molecule has 0 radical (unpaired) electrons. The van der Waals surface area contributed by atoms with E-state index in [0.29, 0.717) is 12.3 Å². The number of alkyl carbamates (subject to hydrolysis) is 1. The number of ether oxygens (including phenoxy) is 1. The van der Waals surface area contributed by atoms with Crippen LogP contribution in [0.25, 0.3) is 0 Å². The van der Waals surface area contributed by atoms with Crippen molar-refractivity contribution in [3.63, 3.8) is 0 Å². The largest absolute Gasteiger partial charge is 0.480 e. The zero-order valence-corrected chi connectivity index (χ0v) is 12.8. The monoisotopic (exact) mass is 286 g/mol. The van der Waals surface area contributed by atoms with Gasteiger partial charge < -0.3 is 20.1 Å². The van der Waals surface area contributed by atoms with Gasteiger partial charge in [0.25, 0.3) is 0 Å². The molecule has 1 amide bonds. The first-order chi connectivity index (χ1) is 9.17. The molecule has 0 aliphatic carbocycles. The third kappa shape index (κ3) is 6.23. The van der Waals surface area contributed by atoms with Crippen LogP contribution in [0.4, 0.5) is 4.79 Å². The molecule has 20 heavy (non-hydrogen) atoms. The van der Waals surface area contributed by atoms with Crippen molar-refractivity contribution in [1.82, 2.24) is 10.2 Å². The SMILES string of the molecule is CN1CCCC(CC(NC(=O)OC(C)(C)C)C(=O)O)C1. The van der Waals surface area contributed by atoms with Crippen molar-refractivity contribution in [3.05, 3.63) is 0 Å². The number of hydrogen-bond donors (Lipinski definition) is 2. The van der Waals surface area contributed by atoms with Crippen LogP contribution >= 0.6 is 0 Å². The number of carboxylic acids is 1. The lowest BCUT2D eigenvalue weighted by atomic mass is 9.91. The highest BCUT2D eigenvalue weighted by Gasteiger charge is 2.28. The van der Waals surface area contributed by atoms with Crippen molar-refractivity contribution in [2.75, 3.05) is 20.1 Å². The number of nitrogens with one attached hydrogen (secondary N) is 1. The summed E-state index contributed by atoms with van der Waals surface area (Å²) < 4.78 is 5.10. The second-order valence-electron chi connectivity index (χ2n) is 6.54. The van der Waals surface area contributed by atoms with Gasteiger partial charge in [0.05, 0.1) is 0 Å². The third-order valence-corrected chi connectivity index (χ3v) is 3.28. The van der Waals surface area contributed by atoms with Crippen LogP contribution in [-0.2, 0) is 9.53 Å². The highest BCUT2D eigenvalue weighted by atomic mass is 16.6. The summed E-state index contributed by atoms with van der Waals surface area (Å²) in [4.78, 5) is 25.1. The van der Waals surface area contributed by atoms with Crippen LogP contribution in [0.15, 0.2) is 0 Å². The molecule has 2 unspecified atom stereocenters. The topological polar surface area (TPSA) is 78.9 Å². The van der Waals surface area contributed by atoms with E-state index in [4.69, 9.17) is 4.74 Å². The molecule has 0 aromatic carbocycles. The van der Waals surface area contributed by atoms with E-state index in [9.17, 15) is 14.7 Å². The van der Waals surface area contributed by atoms with Crippen molar-refractivity contribution in [2.24, 2.45) is 5.92 Å². The van der Waals surface area contributed by atoms with Crippen molar-refractivity contribution >= 4 is 12.1 Å². The molecule has 1 rings (SSSR count). The highest BCUT2D eigenvalue weighted by Crippen LogP contribution is 2.20. The Kier molecular flexibility index (Phi) is 5.80. The Hall–Kier alpha value is -1.30. The lowest BCUT2D eigenvalue weighted by molar-refractivity contribution is -0.140. The van der Waals surface area contributed by atoms with Gasteiger partial charge in [-0.1, -0.05) is 0 Å². The van der Waals surface area contributed by atoms with Crippen molar-refractivity contribution in [2.45, 2.75) is 51.7 Å². The van der Waals surface area contributed by atoms with Gasteiger partial charge in [-0.25, -0.2) is 9.59 Å². The fourth-order valence-corrected chi connectivity index (χ4v) is 2.47. The molecule has 1 fully saturated rings. The Labute approximate surface area is 120 Å². The van der Waals surface area contributed by atoms with Gasteiger partial charge in [0.15, 0.2) is 0 Å². The molecule has 1 saturated heterocycles. The Morgan fingerprint density at radius 3 is 2.60 bits per heavy atom. The van der Waals surface area contributed by atoms with Crippen LogP contribution in [-0.4, -0.2) is 53.8 Å². The molecular weight excluding hydrogens is 260 g/mol. The molecule has 0 spiro atoms. The first kappa shape index (κ1) is 16.8. The van der Waals surface area contributed by atoms with Gasteiger partial charge in [0.1, 0.15) is 11.6 Å². The summed E-state index contributed by atoms with van der Waals surface area (Å²) >= 11 is 0. The fourth-order valence-electron chi connectivity index (χ4n) is 2.47. The molecule has 116 valence electrons. The van der Waals surface area contributed by atoms with Gasteiger partial charge in [-0.3, -0.25) is 0 Å². The zero-order valence-electron chi connectivity index (χ0n) is 12.8. The second-order valence-corrected chi connectivity index (χ2v) is 6.54. The van der Waals surface area contributed by atoms with Gasteiger partial charge in [0.2, 0.25) is 0 Å². The molecule has 1 aliphatic rings. The van der Waals surface area contributed by atoms with Crippen LogP contribution in [0.5, 0.6) is 0 Å². The van der Waals surface area contributed by atoms with Crippen LogP contribution in [0, 0.1) is 5.92 Å². The number of piperidine rings is 1. The van der Waals surface area contributed by atoms with Gasteiger partial charge in [-0.15, -0.1) is 0 Å². The summed E-state index contributed by atoms with van der Waals surface area (Å²) in [6.45, 7) is 7.17. The molecule has 0 aromatic heterocycles. The predicted molar refractivity (Wildman–Crippen MR) is 75.6 cm³/mol. The number of hydrogen-bond acceptors (Lipinski definition) is 4. The van der Waals surface area contributed by atoms with Crippen LogP contribution in [0.1, 0.15) is 40.0 Å². The Balaban J connectivity index is 2.52. The smallest absolute Gasteiger partial charge is 0.408 e. The van der Waals surface area contributed by atoms with E-state index in [2.05, 4.69) is 10.2 Å². The maximum absolute atomic E-state index is 11.7. The van der Waals surface area contributed by atoms with Crippen molar-refractivity contribution < 1.29 is 19.4 Å². The van der Waals surface area contributed by atoms with E-state index in [-0.39, 0.29) is 0 Å². The highest BCUT2D eigenvalue weighted by molar-refractivity contribution is 5.80. The first-order valence-electron chi connectivity index (χ1n) is 7.08. The average Bonchev–Trinajstić information content (AvgIpc) is 2.25. The molecule has 2 N–H and O–H groups in total. The molecule has 2 atom stereocenters. The second kappa shape index (κ2) is 6.92. The van der Waals surface area contributed by atoms with Gasteiger partial charge in [-0.2, -0.15) is 0 Å². The lowest BCUT2D eigenvalue weighted by Gasteiger charge is -2.31. The normalized spacial score (nSPS) is 22.1. The third-order valence-electron chi connectivity index (χ3n) is 3.28. The van der Waals surface area contributed by atoms with Crippen molar-refractivity contribution in [3.8, 4) is 0 Å². The number of carboxylic acid groups (broad SMARTS) is 1. The van der Waals surface area contributed by atoms with Gasteiger partial charge in [-0.05, 0) is 59.5 Å². The fraction of sp³-hybridized carbons (Fsp3) is 0.857. The molecular formula is C14H26N2O4. The summed E-state index contributed by atoms with van der Waals surface area (Å²) in [6, 6.07) is -0.888. The van der Waals surface area contributed by atoms with Crippen LogP contribution in [0.2, 0.25) is 0 Å². The molecule has 0 saturated carbocycles. The molecule has 6 heteroatoms. The Morgan fingerprint density at radius 2 is 2.10 bits per heavy atom. The molecule has 1 aliphatic heterocycles. The number of carbonyl (C=O) groups excluding carboxylic acids is 1. The standard InChI is InChI=1S/C14H26N2O4/c1-14(2,3)20-13(19)15-11(12(17)18)8-10-6-5-7-16(4)9-10/h10-11H,5-9H2,1-4H3,(H,15,19)(H,17,18). The molecule has 0 aromatic rings. The average molecular weight is 286 g/mol. The number of carbonyl (C=O) groups is 2. The zero-order chi connectivity index (χ0) is 15.3. The predicted octanol–water partition coefficient (Wildman–Crippen LogP) is 1.70. The molecule has 0 bridgehead atoms. The minimum absolute atomic E-state index is 0.296. The number of nitrogens with zero attached hydrogens (tertiary/aromatic N) is 1. The van der Waals surface area contributed by atoms with Crippen LogP contribution < -0.4 is 5.32 Å². The summed E-state index contributed by atoms with van der Waals surface area (Å²) in [5.74, 6) is -0.714. The molecule has 6 nitrogen and oxygen atoms in total. The van der Waals surface area contributed by atoms with E-state index in [0.717, 1.165) is 25.9 Å². The summed E-state index contributed by atoms with van der Waals surface area (Å²) in [5.41, 5.74) is -0.627. The number of aliphatic carboxylic acids is 1. The maximum Gasteiger partial charge on any atom is 0.408 e. The van der Waals surface area contributed by atoms with E-state index in [1.54, 1.807) is 20.8 Å². The summed E-state index contributed by atoms with van der Waals surface area (Å²) in [6.07, 6.45) is 1.84. The number of rotatable bonds is 4. The van der Waals surface area contributed by atoms with Gasteiger partial charge >= 0.3 is 12.1 Å². The minimum Gasteiger partial charge on any atom is -0.480 e. The lowest BCUT2D eigenvalue weighted by Crippen LogP contribution is -2.46.